The molecule has 1 fully saturated rings. The second-order valence-electron chi connectivity index (χ2n) is 8.24. The van der Waals surface area contributed by atoms with Crippen LogP contribution in [0.2, 0.25) is 0 Å². The first-order valence-electron chi connectivity index (χ1n) is 11.3. The van der Waals surface area contributed by atoms with E-state index in [2.05, 4.69) is 15.1 Å². The van der Waals surface area contributed by atoms with Gasteiger partial charge in [0.25, 0.3) is 0 Å². The molecule has 1 aliphatic heterocycles. The highest BCUT2D eigenvalue weighted by molar-refractivity contribution is 5.84. The highest BCUT2D eigenvalue weighted by atomic mass is 16.5. The van der Waals surface area contributed by atoms with Gasteiger partial charge in [0, 0.05) is 45.2 Å². The Hall–Kier alpha value is -3.94. The molecule has 1 aromatic heterocycles. The molecule has 2 aromatic carbocycles. The number of amides is 2. The molecule has 0 radical (unpaired) electrons. The Balaban J connectivity index is 1.32. The van der Waals surface area contributed by atoms with E-state index in [1.165, 1.54) is 6.92 Å². The van der Waals surface area contributed by atoms with Gasteiger partial charge in [-0.15, -0.1) is 10.2 Å². The number of benzene rings is 2. The normalized spacial score (nSPS) is 13.5. The molecule has 0 bridgehead atoms. The quantitative estimate of drug-likeness (QED) is 0.541. The van der Waals surface area contributed by atoms with Crippen molar-refractivity contribution in [2.45, 2.75) is 13.5 Å². The zero-order valence-corrected chi connectivity index (χ0v) is 19.6. The minimum atomic E-state index is -0.109. The second kappa shape index (κ2) is 10.8. The number of aromatic nitrogens is 2. The van der Waals surface area contributed by atoms with E-state index >= 15 is 0 Å². The summed E-state index contributed by atoms with van der Waals surface area (Å²) in [6.45, 7) is 4.50. The Morgan fingerprint density at radius 2 is 1.71 bits per heavy atom. The van der Waals surface area contributed by atoms with E-state index in [-0.39, 0.29) is 18.4 Å². The largest absolute Gasteiger partial charge is 0.497 e. The van der Waals surface area contributed by atoms with Crippen molar-refractivity contribution in [1.82, 2.24) is 20.0 Å². The average molecular weight is 460 g/mol. The van der Waals surface area contributed by atoms with Crippen molar-refractivity contribution in [3.05, 3.63) is 72.3 Å². The SMILES string of the molecule is COc1cccc(-c2ccc(N3CCN(C(=O)CN(Cc4ccccc4)C(C)=O)CC3)nn2)c1. The summed E-state index contributed by atoms with van der Waals surface area (Å²) in [5.74, 6) is 1.41. The molecule has 0 aliphatic carbocycles. The van der Waals surface area contributed by atoms with E-state index in [0.717, 1.165) is 28.4 Å². The lowest BCUT2D eigenvalue weighted by Crippen LogP contribution is -2.51. The summed E-state index contributed by atoms with van der Waals surface area (Å²) in [7, 11) is 1.64. The van der Waals surface area contributed by atoms with Gasteiger partial charge in [0.1, 0.15) is 12.3 Å². The topological polar surface area (TPSA) is 78.9 Å². The lowest BCUT2D eigenvalue weighted by Gasteiger charge is -2.36. The zero-order valence-electron chi connectivity index (χ0n) is 19.6. The van der Waals surface area contributed by atoms with Crippen molar-refractivity contribution < 1.29 is 14.3 Å². The molecule has 0 atom stereocenters. The highest BCUT2D eigenvalue weighted by Crippen LogP contribution is 2.23. The number of methoxy groups -OCH3 is 1. The van der Waals surface area contributed by atoms with E-state index < -0.39 is 0 Å². The summed E-state index contributed by atoms with van der Waals surface area (Å²) < 4.78 is 5.28. The van der Waals surface area contributed by atoms with Crippen molar-refractivity contribution in [2.75, 3.05) is 44.7 Å². The molecule has 8 heteroatoms. The zero-order chi connectivity index (χ0) is 23.9. The number of carbonyl (C=O) groups is 2. The van der Waals surface area contributed by atoms with Gasteiger partial charge in [0.2, 0.25) is 11.8 Å². The van der Waals surface area contributed by atoms with E-state index in [4.69, 9.17) is 4.74 Å². The smallest absolute Gasteiger partial charge is 0.242 e. The Morgan fingerprint density at radius 1 is 0.941 bits per heavy atom. The van der Waals surface area contributed by atoms with Crippen LogP contribution in [-0.2, 0) is 16.1 Å². The van der Waals surface area contributed by atoms with Crippen LogP contribution in [-0.4, -0.2) is 71.6 Å². The maximum Gasteiger partial charge on any atom is 0.242 e. The van der Waals surface area contributed by atoms with Crippen LogP contribution in [0.3, 0.4) is 0 Å². The number of ether oxygens (including phenoxy) is 1. The molecule has 0 saturated carbocycles. The molecule has 2 amide bonds. The van der Waals surface area contributed by atoms with Crippen LogP contribution in [0, 0.1) is 0 Å². The van der Waals surface area contributed by atoms with Crippen LogP contribution in [0.5, 0.6) is 5.75 Å². The van der Waals surface area contributed by atoms with E-state index in [1.807, 2.05) is 71.6 Å². The van der Waals surface area contributed by atoms with Gasteiger partial charge >= 0.3 is 0 Å². The molecule has 0 spiro atoms. The Labute approximate surface area is 199 Å². The van der Waals surface area contributed by atoms with Crippen molar-refractivity contribution in [3.8, 4) is 17.0 Å². The van der Waals surface area contributed by atoms with E-state index in [1.54, 1.807) is 12.0 Å². The monoisotopic (exact) mass is 459 g/mol. The third-order valence-corrected chi connectivity index (χ3v) is 5.96. The van der Waals surface area contributed by atoms with Crippen molar-refractivity contribution >= 4 is 17.6 Å². The van der Waals surface area contributed by atoms with Crippen LogP contribution >= 0.6 is 0 Å². The molecule has 1 aliphatic rings. The first-order valence-corrected chi connectivity index (χ1v) is 11.3. The van der Waals surface area contributed by atoms with Gasteiger partial charge in [-0.2, -0.15) is 0 Å². The van der Waals surface area contributed by atoms with Gasteiger partial charge in [-0.05, 0) is 29.8 Å². The van der Waals surface area contributed by atoms with Crippen LogP contribution < -0.4 is 9.64 Å². The number of hydrogen-bond donors (Lipinski definition) is 0. The first-order chi connectivity index (χ1) is 16.5. The van der Waals surface area contributed by atoms with Gasteiger partial charge < -0.3 is 19.4 Å². The fourth-order valence-electron chi connectivity index (χ4n) is 3.96. The maximum atomic E-state index is 12.9. The Bertz CT molecular complexity index is 1110. The third-order valence-electron chi connectivity index (χ3n) is 5.96. The molecule has 2 heterocycles. The fraction of sp³-hybridized carbons (Fsp3) is 0.308. The number of anilines is 1. The second-order valence-corrected chi connectivity index (χ2v) is 8.24. The summed E-state index contributed by atoms with van der Waals surface area (Å²) in [4.78, 5) is 30.5. The molecule has 176 valence electrons. The summed E-state index contributed by atoms with van der Waals surface area (Å²) in [6, 6.07) is 21.3. The maximum absolute atomic E-state index is 12.9. The Morgan fingerprint density at radius 3 is 2.35 bits per heavy atom. The fourth-order valence-corrected chi connectivity index (χ4v) is 3.96. The van der Waals surface area contributed by atoms with Crippen LogP contribution in [0.4, 0.5) is 5.82 Å². The standard InChI is InChI=1S/C26H29N5O3/c1-20(32)31(18-21-7-4-3-5-8-21)19-26(33)30-15-13-29(14-16-30)25-12-11-24(27-28-25)22-9-6-10-23(17-22)34-2/h3-12,17H,13-16,18-19H2,1-2H3. The van der Waals surface area contributed by atoms with E-state index in [9.17, 15) is 9.59 Å². The van der Waals surface area contributed by atoms with Crippen molar-refractivity contribution in [3.63, 3.8) is 0 Å². The molecular weight excluding hydrogens is 430 g/mol. The van der Waals surface area contributed by atoms with Crippen LogP contribution in [0.25, 0.3) is 11.3 Å². The number of piperazine rings is 1. The van der Waals surface area contributed by atoms with Crippen LogP contribution in [0.15, 0.2) is 66.7 Å². The summed E-state index contributed by atoms with van der Waals surface area (Å²) in [5, 5.41) is 8.78. The summed E-state index contributed by atoms with van der Waals surface area (Å²) in [6.07, 6.45) is 0. The Kier molecular flexibility index (Phi) is 7.37. The minimum Gasteiger partial charge on any atom is -0.497 e. The third kappa shape index (κ3) is 5.70. The predicted octanol–water partition coefficient (Wildman–Crippen LogP) is 2.85. The summed E-state index contributed by atoms with van der Waals surface area (Å²) in [5.41, 5.74) is 2.73. The van der Waals surface area contributed by atoms with Gasteiger partial charge in [0.15, 0.2) is 5.82 Å². The lowest BCUT2D eigenvalue weighted by atomic mass is 10.1. The number of carbonyl (C=O) groups excluding carboxylic acids is 2. The lowest BCUT2D eigenvalue weighted by molar-refractivity contribution is -0.140. The average Bonchev–Trinajstić information content (AvgIpc) is 2.89. The highest BCUT2D eigenvalue weighted by Gasteiger charge is 2.24. The summed E-state index contributed by atoms with van der Waals surface area (Å²) >= 11 is 0. The molecule has 4 rings (SSSR count). The molecule has 8 nitrogen and oxygen atoms in total. The first kappa shape index (κ1) is 23.2. The van der Waals surface area contributed by atoms with E-state index in [0.29, 0.717) is 32.7 Å². The van der Waals surface area contributed by atoms with Crippen molar-refractivity contribution in [1.29, 1.82) is 0 Å². The molecule has 1 saturated heterocycles. The molecule has 0 N–H and O–H groups in total. The van der Waals surface area contributed by atoms with Gasteiger partial charge in [-0.25, -0.2) is 0 Å². The van der Waals surface area contributed by atoms with Crippen molar-refractivity contribution in [2.24, 2.45) is 0 Å². The minimum absolute atomic E-state index is 0.0368. The molecular formula is C26H29N5O3. The number of hydrogen-bond acceptors (Lipinski definition) is 6. The molecule has 0 unspecified atom stereocenters. The van der Waals surface area contributed by atoms with Gasteiger partial charge in [0.05, 0.1) is 12.8 Å². The van der Waals surface area contributed by atoms with Crippen LogP contribution in [0.1, 0.15) is 12.5 Å². The number of rotatable bonds is 7. The van der Waals surface area contributed by atoms with Gasteiger partial charge in [-0.3, -0.25) is 9.59 Å². The predicted molar refractivity (Wildman–Crippen MR) is 130 cm³/mol. The van der Waals surface area contributed by atoms with Gasteiger partial charge in [-0.1, -0.05) is 42.5 Å². The number of nitrogens with zero attached hydrogens (tertiary/aromatic N) is 5. The molecule has 3 aromatic rings. The molecule has 34 heavy (non-hydrogen) atoms.